The molecular weight excluding hydrogens is 253 g/mol. The minimum atomic E-state index is -0.494. The number of aromatic hydroxyl groups is 1. The summed E-state index contributed by atoms with van der Waals surface area (Å²) < 4.78 is 13.9. The highest BCUT2D eigenvalue weighted by Crippen LogP contribution is 2.32. The first kappa shape index (κ1) is 11.4. The molecular formula is C9H11BrFNO2. The van der Waals surface area contributed by atoms with Gasteiger partial charge in [0.25, 0.3) is 0 Å². The van der Waals surface area contributed by atoms with Crippen LogP contribution in [0.4, 0.5) is 4.39 Å². The number of benzene rings is 1. The normalized spacial score (nSPS) is 11.0. The van der Waals surface area contributed by atoms with E-state index in [2.05, 4.69) is 15.9 Å². The molecule has 5 heteroatoms. The molecule has 0 bridgehead atoms. The molecule has 2 N–H and O–H groups in total. The van der Waals surface area contributed by atoms with E-state index in [1.807, 2.05) is 0 Å². The van der Waals surface area contributed by atoms with Crippen LogP contribution in [0.5, 0.6) is 5.75 Å². The van der Waals surface area contributed by atoms with Gasteiger partial charge >= 0.3 is 0 Å². The maximum atomic E-state index is 13.5. The standard InChI is InChI=1S/C9H11BrFNO2/c1-5-3-7(10)9(13)6(8(5)11)4-12(2)14/h3,13-14H,4H2,1-2H3. The second-order valence-electron chi connectivity index (χ2n) is 3.13. The van der Waals surface area contributed by atoms with Gasteiger partial charge in [0, 0.05) is 12.6 Å². The van der Waals surface area contributed by atoms with E-state index in [1.54, 1.807) is 6.92 Å². The number of hydroxylamine groups is 2. The zero-order chi connectivity index (χ0) is 10.9. The highest BCUT2D eigenvalue weighted by molar-refractivity contribution is 9.10. The van der Waals surface area contributed by atoms with Gasteiger partial charge in [-0.1, -0.05) is 0 Å². The van der Waals surface area contributed by atoms with E-state index in [0.717, 1.165) is 5.06 Å². The Hall–Kier alpha value is -0.650. The molecule has 0 aliphatic rings. The predicted molar refractivity (Wildman–Crippen MR) is 53.8 cm³/mol. The van der Waals surface area contributed by atoms with Crippen LogP contribution in [0.15, 0.2) is 10.5 Å². The second kappa shape index (κ2) is 4.25. The van der Waals surface area contributed by atoms with Gasteiger partial charge in [-0.3, -0.25) is 0 Å². The van der Waals surface area contributed by atoms with Crippen molar-refractivity contribution in [1.82, 2.24) is 5.06 Å². The summed E-state index contributed by atoms with van der Waals surface area (Å²) in [5.41, 5.74) is 0.508. The van der Waals surface area contributed by atoms with Crippen LogP contribution < -0.4 is 0 Å². The van der Waals surface area contributed by atoms with E-state index in [0.29, 0.717) is 10.0 Å². The van der Waals surface area contributed by atoms with Crippen molar-refractivity contribution < 1.29 is 14.7 Å². The summed E-state index contributed by atoms with van der Waals surface area (Å²) in [6.07, 6.45) is 0. The molecule has 14 heavy (non-hydrogen) atoms. The molecule has 1 aromatic carbocycles. The number of hydrogen-bond acceptors (Lipinski definition) is 3. The first-order chi connectivity index (χ1) is 6.43. The Balaban J connectivity index is 3.25. The molecule has 0 aromatic heterocycles. The van der Waals surface area contributed by atoms with Crippen molar-refractivity contribution in [3.63, 3.8) is 0 Å². The van der Waals surface area contributed by atoms with Gasteiger partial charge in [0.05, 0.1) is 11.0 Å². The Morgan fingerprint density at radius 1 is 1.57 bits per heavy atom. The van der Waals surface area contributed by atoms with Gasteiger partial charge in [-0.2, -0.15) is 5.06 Å². The topological polar surface area (TPSA) is 43.7 Å². The Kier molecular flexibility index (Phi) is 3.47. The summed E-state index contributed by atoms with van der Waals surface area (Å²) >= 11 is 3.10. The lowest BCUT2D eigenvalue weighted by Crippen LogP contribution is -2.13. The predicted octanol–water partition coefficient (Wildman–Crippen LogP) is 2.42. The Morgan fingerprint density at radius 3 is 2.64 bits per heavy atom. The number of halogens is 2. The molecule has 0 aliphatic heterocycles. The van der Waals surface area contributed by atoms with E-state index in [-0.39, 0.29) is 17.9 Å². The monoisotopic (exact) mass is 263 g/mol. The third kappa shape index (κ3) is 2.23. The summed E-state index contributed by atoms with van der Waals surface area (Å²) in [5, 5.41) is 19.3. The lowest BCUT2D eigenvalue weighted by molar-refractivity contribution is -0.0743. The van der Waals surface area contributed by atoms with Gasteiger partial charge in [-0.05, 0) is 34.5 Å². The average Bonchev–Trinajstić information content (AvgIpc) is 2.09. The van der Waals surface area contributed by atoms with Gasteiger partial charge in [0.2, 0.25) is 0 Å². The smallest absolute Gasteiger partial charge is 0.137 e. The second-order valence-corrected chi connectivity index (χ2v) is 3.99. The lowest BCUT2D eigenvalue weighted by Gasteiger charge is -2.13. The summed E-state index contributed by atoms with van der Waals surface area (Å²) in [7, 11) is 1.38. The SMILES string of the molecule is Cc1cc(Br)c(O)c(CN(C)O)c1F. The van der Waals surface area contributed by atoms with Gasteiger partial charge in [-0.25, -0.2) is 4.39 Å². The largest absolute Gasteiger partial charge is 0.506 e. The van der Waals surface area contributed by atoms with Crippen molar-refractivity contribution >= 4 is 15.9 Å². The number of aryl methyl sites for hydroxylation is 1. The summed E-state index contributed by atoms with van der Waals surface area (Å²) in [6.45, 7) is 1.54. The van der Waals surface area contributed by atoms with Gasteiger partial charge in [0.15, 0.2) is 0 Å². The van der Waals surface area contributed by atoms with Crippen LogP contribution in [-0.4, -0.2) is 22.4 Å². The van der Waals surface area contributed by atoms with Crippen LogP contribution in [0.1, 0.15) is 11.1 Å². The molecule has 0 aliphatic carbocycles. The maximum absolute atomic E-state index is 13.5. The van der Waals surface area contributed by atoms with Crippen LogP contribution in [0.25, 0.3) is 0 Å². The molecule has 0 atom stereocenters. The number of rotatable bonds is 2. The molecule has 0 amide bonds. The van der Waals surface area contributed by atoms with Crippen molar-refractivity contribution in [3.05, 3.63) is 27.5 Å². The Labute approximate surface area is 89.9 Å². The van der Waals surface area contributed by atoms with Gasteiger partial charge < -0.3 is 10.3 Å². The molecule has 0 spiro atoms. The molecule has 0 saturated heterocycles. The van der Waals surface area contributed by atoms with Gasteiger partial charge in [-0.15, -0.1) is 0 Å². The lowest BCUT2D eigenvalue weighted by atomic mass is 10.1. The molecule has 78 valence electrons. The molecule has 0 radical (unpaired) electrons. The molecule has 0 saturated carbocycles. The first-order valence-corrected chi connectivity index (χ1v) is 4.79. The van der Waals surface area contributed by atoms with E-state index in [9.17, 15) is 9.50 Å². The van der Waals surface area contributed by atoms with Crippen LogP contribution in [0.2, 0.25) is 0 Å². The van der Waals surface area contributed by atoms with Crippen molar-refractivity contribution in [1.29, 1.82) is 0 Å². The zero-order valence-electron chi connectivity index (χ0n) is 7.88. The first-order valence-electron chi connectivity index (χ1n) is 4.00. The van der Waals surface area contributed by atoms with Crippen LogP contribution in [0.3, 0.4) is 0 Å². The summed E-state index contributed by atoms with van der Waals surface area (Å²) in [4.78, 5) is 0. The van der Waals surface area contributed by atoms with E-state index >= 15 is 0 Å². The third-order valence-corrected chi connectivity index (χ3v) is 2.46. The van der Waals surface area contributed by atoms with Crippen LogP contribution in [0, 0.1) is 12.7 Å². The third-order valence-electron chi connectivity index (χ3n) is 1.85. The molecule has 1 aromatic rings. The minimum Gasteiger partial charge on any atom is -0.506 e. The number of hydrogen-bond donors (Lipinski definition) is 2. The zero-order valence-corrected chi connectivity index (χ0v) is 9.47. The van der Waals surface area contributed by atoms with Crippen molar-refractivity contribution in [2.75, 3.05) is 7.05 Å². The maximum Gasteiger partial charge on any atom is 0.137 e. The summed E-state index contributed by atoms with van der Waals surface area (Å²) in [6, 6.07) is 1.49. The van der Waals surface area contributed by atoms with Crippen molar-refractivity contribution in [3.8, 4) is 5.75 Å². The quantitative estimate of drug-likeness (QED) is 0.806. The fourth-order valence-corrected chi connectivity index (χ4v) is 1.76. The fraction of sp³-hybridized carbons (Fsp3) is 0.333. The van der Waals surface area contributed by atoms with E-state index < -0.39 is 5.82 Å². The van der Waals surface area contributed by atoms with Crippen LogP contribution in [-0.2, 0) is 6.54 Å². The highest BCUT2D eigenvalue weighted by Gasteiger charge is 2.15. The Bertz CT molecular complexity index is 329. The van der Waals surface area contributed by atoms with Crippen molar-refractivity contribution in [2.45, 2.75) is 13.5 Å². The van der Waals surface area contributed by atoms with Crippen LogP contribution >= 0.6 is 15.9 Å². The van der Waals surface area contributed by atoms with E-state index in [1.165, 1.54) is 13.1 Å². The van der Waals surface area contributed by atoms with E-state index in [4.69, 9.17) is 5.21 Å². The number of phenols is 1. The number of nitrogens with zero attached hydrogens (tertiary/aromatic N) is 1. The summed E-state index contributed by atoms with van der Waals surface area (Å²) in [5.74, 6) is -0.666. The molecule has 0 heterocycles. The molecule has 3 nitrogen and oxygen atoms in total. The highest BCUT2D eigenvalue weighted by atomic mass is 79.9. The molecule has 1 rings (SSSR count). The Morgan fingerprint density at radius 2 is 2.14 bits per heavy atom. The van der Waals surface area contributed by atoms with Gasteiger partial charge in [0.1, 0.15) is 11.6 Å². The number of phenolic OH excluding ortho intramolecular Hbond substituents is 1. The van der Waals surface area contributed by atoms with Crippen molar-refractivity contribution in [2.24, 2.45) is 0 Å². The average molecular weight is 264 g/mol. The fourth-order valence-electron chi connectivity index (χ4n) is 1.18. The molecule has 0 fully saturated rings. The molecule has 0 unspecified atom stereocenters. The minimum absolute atomic E-state index is 0.0576.